The van der Waals surface area contributed by atoms with Gasteiger partial charge in [0.05, 0.1) is 19.8 Å². The Morgan fingerprint density at radius 2 is 0.910 bits per heavy atom. The number of aliphatic hydroxyl groups is 7. The summed E-state index contributed by atoms with van der Waals surface area (Å²) in [5.41, 5.74) is 0. The quantitative estimate of drug-likeness (QED) is 0.0185. The fraction of sp³-hybridized carbons (Fsp3) is 0.808. The van der Waals surface area contributed by atoms with Gasteiger partial charge in [-0.2, -0.15) is 0 Å². The highest BCUT2D eigenvalue weighted by atomic mass is 16.7. The second kappa shape index (κ2) is 39.2. The second-order valence-electron chi connectivity index (χ2n) is 18.0. The molecule has 388 valence electrons. The van der Waals surface area contributed by atoms with E-state index in [9.17, 15) is 45.3 Å². The molecule has 0 aliphatic carbocycles. The molecule has 2 saturated heterocycles. The number of hydrogen-bond acceptors (Lipinski definition) is 15. The Hall–Kier alpha value is -2.54. The maximum atomic E-state index is 13.0. The van der Waals surface area contributed by atoms with Crippen molar-refractivity contribution in [3.63, 3.8) is 0 Å². The Kier molecular flexibility index (Phi) is 35.5. The van der Waals surface area contributed by atoms with Crippen LogP contribution in [0.2, 0.25) is 0 Å². The molecule has 2 rings (SSSR count). The molecule has 0 bridgehead atoms. The van der Waals surface area contributed by atoms with Crippen molar-refractivity contribution >= 4 is 11.9 Å². The zero-order chi connectivity index (χ0) is 48.9. The SMILES string of the molecule is CCCC/C=C/C/C=C/CCCCCCCC(=O)OC[C@H](CO[C@H]1O[C@@H](CO[C@H]2O[C@@H](CO)[C@@H](O)C(O)C2O)[C@@H](O)C(O)C1O)OC(=O)CCCCCCCCC/C=C/C/C=C/CCCCC. The van der Waals surface area contributed by atoms with Gasteiger partial charge >= 0.3 is 11.9 Å². The number of rotatable bonds is 39. The van der Waals surface area contributed by atoms with Crippen LogP contribution in [0.4, 0.5) is 0 Å². The van der Waals surface area contributed by atoms with E-state index < -0.39 is 99.3 Å². The van der Waals surface area contributed by atoms with Crippen molar-refractivity contribution < 1.29 is 73.8 Å². The molecular weight excluding hydrogens is 865 g/mol. The summed E-state index contributed by atoms with van der Waals surface area (Å²) in [5, 5.41) is 72.1. The lowest BCUT2D eigenvalue weighted by Crippen LogP contribution is -2.61. The fourth-order valence-corrected chi connectivity index (χ4v) is 7.73. The van der Waals surface area contributed by atoms with Crippen LogP contribution < -0.4 is 0 Å². The van der Waals surface area contributed by atoms with Gasteiger partial charge in [-0.3, -0.25) is 9.59 Å². The lowest BCUT2D eigenvalue weighted by atomic mass is 9.98. The molecule has 2 heterocycles. The van der Waals surface area contributed by atoms with Crippen LogP contribution in [0.1, 0.15) is 174 Å². The van der Waals surface area contributed by atoms with E-state index in [2.05, 4.69) is 62.5 Å². The number of esters is 2. The predicted molar refractivity (Wildman–Crippen MR) is 257 cm³/mol. The zero-order valence-corrected chi connectivity index (χ0v) is 40.9. The average molecular weight is 955 g/mol. The van der Waals surface area contributed by atoms with Crippen molar-refractivity contribution in [3.8, 4) is 0 Å². The number of hydrogen-bond donors (Lipinski definition) is 7. The van der Waals surface area contributed by atoms with E-state index in [0.29, 0.717) is 12.8 Å². The summed E-state index contributed by atoms with van der Waals surface area (Å²) in [6.07, 6.45) is 25.6. The molecule has 2 aliphatic heterocycles. The highest BCUT2D eigenvalue weighted by Crippen LogP contribution is 2.26. The largest absolute Gasteiger partial charge is 0.462 e. The van der Waals surface area contributed by atoms with Crippen LogP contribution in [0.5, 0.6) is 0 Å². The van der Waals surface area contributed by atoms with E-state index in [0.717, 1.165) is 103 Å². The third kappa shape index (κ3) is 27.4. The Bertz CT molecular complexity index is 1350. The molecule has 0 aromatic heterocycles. The number of carbonyl (C=O) groups excluding carboxylic acids is 2. The van der Waals surface area contributed by atoms with E-state index in [4.69, 9.17) is 28.4 Å². The molecule has 0 radical (unpaired) electrons. The molecule has 0 spiro atoms. The summed E-state index contributed by atoms with van der Waals surface area (Å²) in [5.74, 6) is -0.952. The maximum Gasteiger partial charge on any atom is 0.306 e. The second-order valence-corrected chi connectivity index (χ2v) is 18.0. The third-order valence-electron chi connectivity index (χ3n) is 12.0. The van der Waals surface area contributed by atoms with Gasteiger partial charge in [0.1, 0.15) is 55.4 Å². The zero-order valence-electron chi connectivity index (χ0n) is 40.9. The van der Waals surface area contributed by atoms with Crippen LogP contribution in [0.15, 0.2) is 48.6 Å². The number of allylic oxidation sites excluding steroid dienone is 8. The highest BCUT2D eigenvalue weighted by Gasteiger charge is 2.47. The minimum absolute atomic E-state index is 0.152. The summed E-state index contributed by atoms with van der Waals surface area (Å²) < 4.78 is 33.5. The van der Waals surface area contributed by atoms with Crippen LogP contribution in [0.25, 0.3) is 0 Å². The smallest absolute Gasteiger partial charge is 0.306 e. The molecule has 7 N–H and O–H groups in total. The Morgan fingerprint density at radius 1 is 0.478 bits per heavy atom. The van der Waals surface area contributed by atoms with Crippen molar-refractivity contribution in [2.75, 3.05) is 26.4 Å². The molecule has 2 fully saturated rings. The van der Waals surface area contributed by atoms with Gasteiger partial charge in [0.25, 0.3) is 0 Å². The molecule has 2 aliphatic rings. The fourth-order valence-electron chi connectivity index (χ4n) is 7.73. The standard InChI is InChI=1S/C52H90O15/c1-3-5-7-9-11-13-15-17-19-20-21-23-25-27-29-31-33-35-44(55)65-40(37-62-43(54)34-32-30-28-26-24-22-18-16-14-12-10-8-6-4-2)38-63-51-50(61)48(59)46(57)42(67-51)39-64-52-49(60)47(58)45(56)41(36-53)66-52/h10-13,16-19,40-42,45-53,56-61H,3-9,14-15,20-39H2,1-2H3/b12-10+,13-11+,18-16+,19-17+/t40-,41+,42+,45-,46-,47?,48?,49?,50?,51+,52+/m1/s1. The van der Waals surface area contributed by atoms with Crippen LogP contribution in [0.3, 0.4) is 0 Å². The van der Waals surface area contributed by atoms with Crippen LogP contribution in [-0.2, 0) is 38.0 Å². The first-order valence-corrected chi connectivity index (χ1v) is 25.7. The maximum absolute atomic E-state index is 13.0. The van der Waals surface area contributed by atoms with Crippen molar-refractivity contribution in [2.45, 2.75) is 242 Å². The molecule has 15 nitrogen and oxygen atoms in total. The first kappa shape index (κ1) is 60.6. The van der Waals surface area contributed by atoms with E-state index in [1.165, 1.54) is 32.1 Å². The van der Waals surface area contributed by atoms with Crippen LogP contribution in [0, 0.1) is 0 Å². The van der Waals surface area contributed by atoms with E-state index in [1.54, 1.807) is 0 Å². The first-order chi connectivity index (χ1) is 32.5. The minimum Gasteiger partial charge on any atom is -0.462 e. The lowest BCUT2D eigenvalue weighted by molar-refractivity contribution is -0.332. The van der Waals surface area contributed by atoms with Gasteiger partial charge in [-0.05, 0) is 70.6 Å². The van der Waals surface area contributed by atoms with Gasteiger partial charge in [0.2, 0.25) is 0 Å². The molecule has 0 amide bonds. The van der Waals surface area contributed by atoms with Gasteiger partial charge in [-0.25, -0.2) is 0 Å². The van der Waals surface area contributed by atoms with Crippen LogP contribution in [-0.4, -0.2) is 142 Å². The molecule has 0 aromatic carbocycles. The number of carbonyl (C=O) groups is 2. The number of ether oxygens (including phenoxy) is 6. The topological polar surface area (TPSA) is 231 Å². The van der Waals surface area contributed by atoms with Gasteiger partial charge in [-0.15, -0.1) is 0 Å². The van der Waals surface area contributed by atoms with Gasteiger partial charge in [0.15, 0.2) is 18.7 Å². The van der Waals surface area contributed by atoms with E-state index in [-0.39, 0.29) is 19.4 Å². The van der Waals surface area contributed by atoms with E-state index in [1.807, 2.05) is 0 Å². The van der Waals surface area contributed by atoms with Gasteiger partial charge in [0, 0.05) is 12.8 Å². The van der Waals surface area contributed by atoms with Crippen LogP contribution >= 0.6 is 0 Å². The Labute approximate surface area is 401 Å². The highest BCUT2D eigenvalue weighted by molar-refractivity contribution is 5.70. The molecular formula is C52H90O15. The summed E-state index contributed by atoms with van der Waals surface area (Å²) in [4.78, 5) is 25.7. The molecule has 4 unspecified atom stereocenters. The van der Waals surface area contributed by atoms with Crippen molar-refractivity contribution in [2.24, 2.45) is 0 Å². The van der Waals surface area contributed by atoms with Gasteiger partial charge < -0.3 is 64.2 Å². The molecule has 15 heteroatoms. The van der Waals surface area contributed by atoms with E-state index >= 15 is 0 Å². The Balaban J connectivity index is 1.82. The summed E-state index contributed by atoms with van der Waals surface area (Å²) in [7, 11) is 0. The predicted octanol–water partition coefficient (Wildman–Crippen LogP) is 7.10. The molecule has 11 atom stereocenters. The minimum atomic E-state index is -1.77. The number of unbranched alkanes of at least 4 members (excludes halogenated alkanes) is 17. The first-order valence-electron chi connectivity index (χ1n) is 25.7. The van der Waals surface area contributed by atoms with Crippen molar-refractivity contribution in [1.29, 1.82) is 0 Å². The lowest BCUT2D eigenvalue weighted by Gasteiger charge is -2.42. The third-order valence-corrected chi connectivity index (χ3v) is 12.0. The molecule has 67 heavy (non-hydrogen) atoms. The van der Waals surface area contributed by atoms with Gasteiger partial charge in [-0.1, -0.05) is 140 Å². The molecule has 0 saturated carbocycles. The average Bonchev–Trinajstić information content (AvgIpc) is 3.32. The van der Waals surface area contributed by atoms with Crippen molar-refractivity contribution in [1.82, 2.24) is 0 Å². The summed E-state index contributed by atoms with van der Waals surface area (Å²) in [6.45, 7) is 2.49. The Morgan fingerprint density at radius 3 is 1.43 bits per heavy atom. The normalized spacial score (nSPS) is 26.3. The number of aliphatic hydroxyl groups excluding tert-OH is 7. The van der Waals surface area contributed by atoms with Crippen molar-refractivity contribution in [3.05, 3.63) is 48.6 Å². The summed E-state index contributed by atoms with van der Waals surface area (Å²) >= 11 is 0. The molecule has 0 aromatic rings. The monoisotopic (exact) mass is 955 g/mol. The summed E-state index contributed by atoms with van der Waals surface area (Å²) in [6, 6.07) is 0.